The van der Waals surface area contributed by atoms with Gasteiger partial charge in [0.2, 0.25) is 0 Å². The highest BCUT2D eigenvalue weighted by Crippen LogP contribution is 2.42. The van der Waals surface area contributed by atoms with Crippen molar-refractivity contribution in [2.24, 2.45) is 11.3 Å². The summed E-state index contributed by atoms with van der Waals surface area (Å²) in [6, 6.07) is 6.12. The quantitative estimate of drug-likeness (QED) is 0.398. The molecule has 4 rings (SSSR count). The van der Waals surface area contributed by atoms with Crippen LogP contribution in [0.4, 0.5) is 36.8 Å². The fourth-order valence-corrected chi connectivity index (χ4v) is 5.91. The third kappa shape index (κ3) is 6.96. The molecule has 1 aromatic carbocycles. The van der Waals surface area contributed by atoms with Crippen LogP contribution in [0.2, 0.25) is 5.02 Å². The molecule has 0 saturated carbocycles. The summed E-state index contributed by atoms with van der Waals surface area (Å²) in [6.07, 6.45) is -13.0. The predicted octanol–water partition coefficient (Wildman–Crippen LogP) is 6.49. The molecule has 37 heavy (non-hydrogen) atoms. The summed E-state index contributed by atoms with van der Waals surface area (Å²) in [5, 5.41) is 0.683. The average Bonchev–Trinajstić information content (AvgIpc) is 3.18. The second kappa shape index (κ2) is 10.7. The van der Waals surface area contributed by atoms with Gasteiger partial charge in [0.25, 0.3) is 6.10 Å². The molecule has 0 unspecified atom stereocenters. The fourth-order valence-electron chi connectivity index (χ4n) is 5.66. The van der Waals surface area contributed by atoms with E-state index >= 15 is 0 Å². The Kier molecular flexibility index (Phi) is 8.14. The molecule has 3 aliphatic heterocycles. The topological polar surface area (TPSA) is 36.0 Å². The normalized spacial score (nSPS) is 21.8. The SMILES string of the molecule is CC1CCN(c2cc(Cl)cc(CN3CCC4(CCN(C(=O)OC(C(F)(F)F)C(F)(F)F)CC4)C3)c2)CC1. The lowest BCUT2D eigenvalue weighted by molar-refractivity contribution is -0.308. The molecule has 0 radical (unpaired) electrons. The lowest BCUT2D eigenvalue weighted by atomic mass is 9.78. The number of ether oxygens (including phenoxy) is 1. The van der Waals surface area contributed by atoms with E-state index in [2.05, 4.69) is 27.5 Å². The van der Waals surface area contributed by atoms with Crippen LogP contribution in [0.1, 0.15) is 44.6 Å². The van der Waals surface area contributed by atoms with Gasteiger partial charge in [-0.2, -0.15) is 26.3 Å². The molecule has 0 bridgehead atoms. The van der Waals surface area contributed by atoms with Gasteiger partial charge < -0.3 is 14.5 Å². The maximum Gasteiger partial charge on any atom is 0.434 e. The standard InChI is InChI=1S/C25H32ClF6N3O2/c1-17-2-7-34(8-3-17)20-13-18(12-19(26)14-20)15-33-9-4-23(16-33)5-10-35(11-6-23)22(36)37-21(24(27,28)29)25(30,31)32/h12-14,17,21H,2-11,15-16H2,1H3. The van der Waals surface area contributed by atoms with E-state index < -0.39 is 24.5 Å². The minimum absolute atomic E-state index is 0.0593. The smallest absolute Gasteiger partial charge is 0.426 e. The fraction of sp³-hybridized carbons (Fsp3) is 0.720. The molecule has 3 fully saturated rings. The Morgan fingerprint density at radius 3 is 2.19 bits per heavy atom. The molecule has 1 amide bonds. The van der Waals surface area contributed by atoms with E-state index in [0.29, 0.717) is 24.4 Å². The summed E-state index contributed by atoms with van der Waals surface area (Å²) in [6.45, 7) is 6.64. The number of hydrogen-bond donors (Lipinski definition) is 0. The van der Waals surface area contributed by atoms with Gasteiger partial charge in [-0.3, -0.25) is 4.90 Å². The van der Waals surface area contributed by atoms with Crippen LogP contribution < -0.4 is 4.90 Å². The molecule has 208 valence electrons. The van der Waals surface area contributed by atoms with Crippen molar-refractivity contribution in [1.29, 1.82) is 0 Å². The summed E-state index contributed by atoms with van der Waals surface area (Å²) in [5.41, 5.74) is 2.09. The first-order chi connectivity index (χ1) is 17.2. The molecule has 0 aliphatic carbocycles. The average molecular weight is 556 g/mol. The van der Waals surface area contributed by atoms with Crippen molar-refractivity contribution >= 4 is 23.4 Å². The van der Waals surface area contributed by atoms with Gasteiger partial charge in [0.05, 0.1) is 0 Å². The summed E-state index contributed by atoms with van der Waals surface area (Å²) in [4.78, 5) is 17.7. The third-order valence-electron chi connectivity index (χ3n) is 7.91. The van der Waals surface area contributed by atoms with Crippen LogP contribution in [-0.2, 0) is 11.3 Å². The first-order valence-electron chi connectivity index (χ1n) is 12.6. The van der Waals surface area contributed by atoms with Crippen molar-refractivity contribution in [2.45, 2.75) is 64.0 Å². The molecule has 3 saturated heterocycles. The van der Waals surface area contributed by atoms with Crippen molar-refractivity contribution in [1.82, 2.24) is 9.80 Å². The van der Waals surface area contributed by atoms with Gasteiger partial charge in [-0.1, -0.05) is 18.5 Å². The van der Waals surface area contributed by atoms with Gasteiger partial charge in [-0.25, -0.2) is 4.79 Å². The van der Waals surface area contributed by atoms with Gasteiger partial charge in [-0.05, 0) is 73.7 Å². The van der Waals surface area contributed by atoms with Crippen LogP contribution in [0.5, 0.6) is 0 Å². The lowest BCUT2D eigenvalue weighted by Gasteiger charge is -2.39. The Morgan fingerprint density at radius 1 is 1.00 bits per heavy atom. The highest BCUT2D eigenvalue weighted by molar-refractivity contribution is 6.30. The van der Waals surface area contributed by atoms with Gasteiger partial charge in [-0.15, -0.1) is 0 Å². The molecular weight excluding hydrogens is 524 g/mol. The second-order valence-electron chi connectivity index (χ2n) is 10.8. The molecule has 3 aliphatic rings. The first kappa shape index (κ1) is 28.1. The van der Waals surface area contributed by atoms with E-state index in [0.717, 1.165) is 67.5 Å². The summed E-state index contributed by atoms with van der Waals surface area (Å²) >= 11 is 6.43. The zero-order valence-electron chi connectivity index (χ0n) is 20.7. The Labute approximate surface area is 217 Å². The van der Waals surface area contributed by atoms with Gasteiger partial charge >= 0.3 is 18.4 Å². The number of hydrogen-bond acceptors (Lipinski definition) is 4. The van der Waals surface area contributed by atoms with E-state index in [-0.39, 0.29) is 18.5 Å². The number of piperidine rings is 2. The number of halogens is 7. The number of carbonyl (C=O) groups excluding carboxylic acids is 1. The molecule has 0 N–H and O–H groups in total. The van der Waals surface area contributed by atoms with Gasteiger partial charge in [0.1, 0.15) is 0 Å². The Bertz CT molecular complexity index is 943. The summed E-state index contributed by atoms with van der Waals surface area (Å²) in [7, 11) is 0. The van der Waals surface area contributed by atoms with E-state index in [9.17, 15) is 31.1 Å². The number of carbonyl (C=O) groups is 1. The van der Waals surface area contributed by atoms with Gasteiger partial charge in [0, 0.05) is 50.0 Å². The van der Waals surface area contributed by atoms with Crippen LogP contribution >= 0.6 is 11.6 Å². The van der Waals surface area contributed by atoms with Crippen LogP contribution in [0.3, 0.4) is 0 Å². The molecule has 1 aromatic rings. The highest BCUT2D eigenvalue weighted by atomic mass is 35.5. The van der Waals surface area contributed by atoms with E-state index in [4.69, 9.17) is 11.6 Å². The molecule has 3 heterocycles. The molecule has 1 spiro atoms. The van der Waals surface area contributed by atoms with Crippen molar-refractivity contribution in [3.63, 3.8) is 0 Å². The lowest BCUT2D eigenvalue weighted by Crippen LogP contribution is -2.50. The van der Waals surface area contributed by atoms with Crippen LogP contribution in [0.15, 0.2) is 18.2 Å². The van der Waals surface area contributed by atoms with Crippen molar-refractivity contribution in [3.8, 4) is 0 Å². The largest absolute Gasteiger partial charge is 0.434 e. The van der Waals surface area contributed by atoms with E-state index in [1.807, 2.05) is 12.1 Å². The van der Waals surface area contributed by atoms with Crippen LogP contribution in [-0.4, -0.2) is 73.6 Å². The molecule has 5 nitrogen and oxygen atoms in total. The van der Waals surface area contributed by atoms with Crippen LogP contribution in [0.25, 0.3) is 0 Å². The third-order valence-corrected chi connectivity index (χ3v) is 8.13. The number of likely N-dealkylation sites (tertiary alicyclic amines) is 2. The minimum atomic E-state index is -5.72. The van der Waals surface area contributed by atoms with E-state index in [1.54, 1.807) is 0 Å². The number of alkyl halides is 6. The Balaban J connectivity index is 1.31. The van der Waals surface area contributed by atoms with Gasteiger partial charge in [0.15, 0.2) is 0 Å². The zero-order valence-corrected chi connectivity index (χ0v) is 21.4. The number of nitrogens with zero attached hydrogens (tertiary/aromatic N) is 3. The van der Waals surface area contributed by atoms with Crippen LogP contribution in [0, 0.1) is 11.3 Å². The monoisotopic (exact) mass is 555 g/mol. The van der Waals surface area contributed by atoms with Crippen molar-refractivity contribution in [3.05, 3.63) is 28.8 Å². The number of anilines is 1. The number of benzene rings is 1. The van der Waals surface area contributed by atoms with E-state index in [1.165, 1.54) is 0 Å². The van der Waals surface area contributed by atoms with Crippen molar-refractivity contribution in [2.75, 3.05) is 44.2 Å². The molecule has 0 atom stereocenters. The maximum atomic E-state index is 12.7. The zero-order chi connectivity index (χ0) is 27.0. The maximum absolute atomic E-state index is 12.7. The first-order valence-corrected chi connectivity index (χ1v) is 13.0. The second-order valence-corrected chi connectivity index (χ2v) is 11.2. The predicted molar refractivity (Wildman–Crippen MR) is 128 cm³/mol. The summed E-state index contributed by atoms with van der Waals surface area (Å²) < 4.78 is 80.3. The minimum Gasteiger partial charge on any atom is -0.426 e. The molecule has 0 aromatic heterocycles. The Hall–Kier alpha value is -1.88. The van der Waals surface area contributed by atoms with Crippen molar-refractivity contribution < 1.29 is 35.9 Å². The number of amides is 1. The number of rotatable bonds is 4. The molecule has 12 heteroatoms. The highest BCUT2D eigenvalue weighted by Gasteiger charge is 2.60. The molecular formula is C25H32ClF6N3O2. The summed E-state index contributed by atoms with van der Waals surface area (Å²) in [5.74, 6) is 0.722. The Morgan fingerprint density at radius 2 is 1.59 bits per heavy atom.